The first kappa shape index (κ1) is 9.60. The first-order valence-electron chi connectivity index (χ1n) is 4.78. The minimum absolute atomic E-state index is 0.173. The normalized spacial score (nSPS) is 26.3. The van der Waals surface area contributed by atoms with Crippen molar-refractivity contribution in [3.8, 4) is 6.07 Å². The predicted octanol–water partition coefficient (Wildman–Crippen LogP) is 2.77. The predicted molar refractivity (Wildman–Crippen MR) is 53.8 cm³/mol. The maximum absolute atomic E-state index is 8.91. The lowest BCUT2D eigenvalue weighted by atomic mass is 10.1. The highest BCUT2D eigenvalue weighted by Crippen LogP contribution is 2.38. The number of hydrogen-bond acceptors (Lipinski definition) is 4. The van der Waals surface area contributed by atoms with Crippen LogP contribution in [0.3, 0.4) is 0 Å². The molecule has 74 valence electrons. The molecule has 1 aromatic rings. The number of thioether (sulfide) groups is 1. The van der Waals surface area contributed by atoms with E-state index < -0.39 is 0 Å². The Labute approximate surface area is 87.5 Å². The van der Waals surface area contributed by atoms with Gasteiger partial charge < -0.3 is 4.42 Å². The fourth-order valence-electron chi connectivity index (χ4n) is 1.73. The Morgan fingerprint density at radius 3 is 3.14 bits per heavy atom. The Hall–Kier alpha value is -0.950. The smallest absolute Gasteiger partial charge is 0.256 e. The Kier molecular flexibility index (Phi) is 2.78. The molecule has 1 aliphatic rings. The third kappa shape index (κ3) is 1.93. The summed E-state index contributed by atoms with van der Waals surface area (Å²) in [5.74, 6) is 0.173. The maximum atomic E-state index is 8.91. The van der Waals surface area contributed by atoms with Gasteiger partial charge in [-0.3, -0.25) is 0 Å². The molecule has 1 heterocycles. The summed E-state index contributed by atoms with van der Waals surface area (Å²) < 4.78 is 5.26. The first-order valence-corrected chi connectivity index (χ1v) is 5.66. The SMILES string of the molecule is Cc1coc(SC2CCCC2C#N)n1. The summed E-state index contributed by atoms with van der Waals surface area (Å²) in [4.78, 5) is 4.23. The maximum Gasteiger partial charge on any atom is 0.256 e. The highest BCUT2D eigenvalue weighted by Gasteiger charge is 2.29. The van der Waals surface area contributed by atoms with Crippen LogP contribution in [-0.2, 0) is 0 Å². The van der Waals surface area contributed by atoms with Crippen molar-refractivity contribution in [2.24, 2.45) is 5.92 Å². The van der Waals surface area contributed by atoms with E-state index in [1.807, 2.05) is 6.92 Å². The highest BCUT2D eigenvalue weighted by atomic mass is 32.2. The van der Waals surface area contributed by atoms with Gasteiger partial charge in [0.25, 0.3) is 5.22 Å². The van der Waals surface area contributed by atoms with Crippen LogP contribution in [0.2, 0.25) is 0 Å². The van der Waals surface area contributed by atoms with Gasteiger partial charge >= 0.3 is 0 Å². The number of rotatable bonds is 2. The summed E-state index contributed by atoms with van der Waals surface area (Å²) in [5.41, 5.74) is 0.902. The highest BCUT2D eigenvalue weighted by molar-refractivity contribution is 7.99. The lowest BCUT2D eigenvalue weighted by Gasteiger charge is -2.08. The van der Waals surface area contributed by atoms with Gasteiger partial charge in [-0.25, -0.2) is 4.98 Å². The molecule has 0 bridgehead atoms. The molecular formula is C10H12N2OS. The molecule has 14 heavy (non-hydrogen) atoms. The lowest BCUT2D eigenvalue weighted by molar-refractivity contribution is 0.452. The third-order valence-corrected chi connectivity index (χ3v) is 3.72. The fraction of sp³-hybridized carbons (Fsp3) is 0.600. The van der Waals surface area contributed by atoms with E-state index in [2.05, 4.69) is 11.1 Å². The van der Waals surface area contributed by atoms with Crippen LogP contribution in [0.15, 0.2) is 15.9 Å². The molecule has 0 saturated heterocycles. The Morgan fingerprint density at radius 1 is 1.64 bits per heavy atom. The molecule has 2 atom stereocenters. The minimum atomic E-state index is 0.173. The summed E-state index contributed by atoms with van der Waals surface area (Å²) in [7, 11) is 0. The number of aromatic nitrogens is 1. The van der Waals surface area contributed by atoms with E-state index in [9.17, 15) is 0 Å². The lowest BCUT2D eigenvalue weighted by Crippen LogP contribution is -2.07. The molecular weight excluding hydrogens is 196 g/mol. The van der Waals surface area contributed by atoms with Gasteiger partial charge in [-0.15, -0.1) is 0 Å². The number of nitriles is 1. The summed E-state index contributed by atoms with van der Waals surface area (Å²) in [6.07, 6.45) is 4.92. The van der Waals surface area contributed by atoms with Crippen LogP contribution in [0.5, 0.6) is 0 Å². The largest absolute Gasteiger partial charge is 0.440 e. The van der Waals surface area contributed by atoms with E-state index in [-0.39, 0.29) is 5.92 Å². The van der Waals surface area contributed by atoms with Crippen molar-refractivity contribution in [3.63, 3.8) is 0 Å². The van der Waals surface area contributed by atoms with Gasteiger partial charge in [0.15, 0.2) is 0 Å². The van der Waals surface area contributed by atoms with Crippen molar-refractivity contribution in [1.82, 2.24) is 4.98 Å². The van der Waals surface area contributed by atoms with Crippen molar-refractivity contribution in [2.75, 3.05) is 0 Å². The van der Waals surface area contributed by atoms with Crippen molar-refractivity contribution >= 4 is 11.8 Å². The molecule has 1 aromatic heterocycles. The van der Waals surface area contributed by atoms with Crippen LogP contribution in [0.4, 0.5) is 0 Å². The number of nitrogens with zero attached hydrogens (tertiary/aromatic N) is 2. The number of oxazole rings is 1. The van der Waals surface area contributed by atoms with E-state index in [0.717, 1.165) is 25.0 Å². The van der Waals surface area contributed by atoms with Gasteiger partial charge in [0, 0.05) is 5.25 Å². The number of aryl methyl sites for hydroxylation is 1. The second-order valence-electron chi connectivity index (χ2n) is 3.58. The number of hydrogen-bond donors (Lipinski definition) is 0. The van der Waals surface area contributed by atoms with Crippen LogP contribution >= 0.6 is 11.8 Å². The standard InChI is InChI=1S/C10H12N2OS/c1-7-6-13-10(12-7)14-9-4-2-3-8(9)5-11/h6,8-9H,2-4H2,1H3. The van der Waals surface area contributed by atoms with Crippen molar-refractivity contribution in [3.05, 3.63) is 12.0 Å². The van der Waals surface area contributed by atoms with Gasteiger partial charge in [-0.05, 0) is 19.8 Å². The summed E-state index contributed by atoms with van der Waals surface area (Å²) in [5, 5.41) is 9.98. The van der Waals surface area contributed by atoms with Gasteiger partial charge in [0.05, 0.1) is 17.7 Å². The quantitative estimate of drug-likeness (QED) is 0.749. The molecule has 1 saturated carbocycles. The average molecular weight is 208 g/mol. The van der Waals surface area contributed by atoms with E-state index in [4.69, 9.17) is 9.68 Å². The molecule has 2 unspecified atom stereocenters. The Balaban J connectivity index is 2.01. The zero-order chi connectivity index (χ0) is 9.97. The van der Waals surface area contributed by atoms with Gasteiger partial charge in [-0.2, -0.15) is 5.26 Å². The monoisotopic (exact) mass is 208 g/mol. The second-order valence-corrected chi connectivity index (χ2v) is 4.77. The van der Waals surface area contributed by atoms with Crippen LogP contribution < -0.4 is 0 Å². The minimum Gasteiger partial charge on any atom is -0.440 e. The molecule has 4 heteroatoms. The van der Waals surface area contributed by atoms with Crippen LogP contribution in [0.1, 0.15) is 25.0 Å². The molecule has 0 spiro atoms. The van der Waals surface area contributed by atoms with E-state index >= 15 is 0 Å². The van der Waals surface area contributed by atoms with Gasteiger partial charge in [0.1, 0.15) is 6.26 Å². The third-order valence-electron chi connectivity index (χ3n) is 2.47. The summed E-state index contributed by atoms with van der Waals surface area (Å²) in [6, 6.07) is 2.35. The summed E-state index contributed by atoms with van der Waals surface area (Å²) in [6.45, 7) is 1.91. The molecule has 0 amide bonds. The Morgan fingerprint density at radius 2 is 2.50 bits per heavy atom. The van der Waals surface area contributed by atoms with Gasteiger partial charge in [-0.1, -0.05) is 18.2 Å². The van der Waals surface area contributed by atoms with Crippen LogP contribution in [-0.4, -0.2) is 10.2 Å². The average Bonchev–Trinajstić information content (AvgIpc) is 2.76. The van der Waals surface area contributed by atoms with Crippen molar-refractivity contribution in [2.45, 2.75) is 36.7 Å². The second kappa shape index (κ2) is 4.05. The Bertz CT molecular complexity index is 355. The fourth-order valence-corrected chi connectivity index (χ4v) is 2.94. The first-order chi connectivity index (χ1) is 6.79. The summed E-state index contributed by atoms with van der Waals surface area (Å²) >= 11 is 1.60. The molecule has 1 fully saturated rings. The molecule has 0 aromatic carbocycles. The van der Waals surface area contributed by atoms with Gasteiger partial charge in [0.2, 0.25) is 0 Å². The zero-order valence-electron chi connectivity index (χ0n) is 8.06. The van der Waals surface area contributed by atoms with Crippen LogP contribution in [0.25, 0.3) is 0 Å². The molecule has 3 nitrogen and oxygen atoms in total. The molecule has 0 N–H and O–H groups in total. The molecule has 0 radical (unpaired) electrons. The van der Waals surface area contributed by atoms with Crippen molar-refractivity contribution < 1.29 is 4.42 Å². The van der Waals surface area contributed by atoms with Crippen molar-refractivity contribution in [1.29, 1.82) is 5.26 Å². The molecule has 2 rings (SSSR count). The van der Waals surface area contributed by atoms with Crippen LogP contribution in [0, 0.1) is 24.2 Å². The molecule has 0 aliphatic heterocycles. The van der Waals surface area contributed by atoms with E-state index in [0.29, 0.717) is 10.5 Å². The molecule has 1 aliphatic carbocycles. The van der Waals surface area contributed by atoms with E-state index in [1.165, 1.54) is 0 Å². The van der Waals surface area contributed by atoms with E-state index in [1.54, 1.807) is 18.0 Å². The zero-order valence-corrected chi connectivity index (χ0v) is 8.88. The topological polar surface area (TPSA) is 49.8 Å².